The summed E-state index contributed by atoms with van der Waals surface area (Å²) in [6.45, 7) is 12.0. The lowest BCUT2D eigenvalue weighted by Crippen LogP contribution is -2.19. The molecule has 1 aromatic rings. The summed E-state index contributed by atoms with van der Waals surface area (Å²) in [5.41, 5.74) is 1.44. The molecule has 14 heavy (non-hydrogen) atoms. The van der Waals surface area contributed by atoms with Gasteiger partial charge in [-0.15, -0.1) is 0 Å². The van der Waals surface area contributed by atoms with Gasteiger partial charge in [-0.1, -0.05) is 34.6 Å². The Morgan fingerprint density at radius 1 is 1.43 bits per heavy atom. The second-order valence-corrected chi connectivity index (χ2v) is 5.62. The van der Waals surface area contributed by atoms with Crippen LogP contribution in [-0.4, -0.2) is 9.55 Å². The average molecular weight is 212 g/mol. The Balaban J connectivity index is 3.13. The Hall–Kier alpha value is -0.570. The number of imidazole rings is 1. The van der Waals surface area contributed by atoms with Gasteiger partial charge in [0.2, 0.25) is 0 Å². The van der Waals surface area contributed by atoms with Crippen molar-refractivity contribution in [3.63, 3.8) is 0 Å². The Bertz CT molecular complexity index is 352. The lowest BCUT2D eigenvalue weighted by Gasteiger charge is -2.21. The number of nitrogens with one attached hydrogen (secondary N) is 1. The van der Waals surface area contributed by atoms with E-state index in [0.29, 0.717) is 5.92 Å². The molecule has 1 rings (SSSR count). The topological polar surface area (TPSA) is 20.7 Å². The fourth-order valence-corrected chi connectivity index (χ4v) is 1.79. The molecule has 0 atom stereocenters. The van der Waals surface area contributed by atoms with Crippen molar-refractivity contribution in [1.29, 1.82) is 0 Å². The van der Waals surface area contributed by atoms with Crippen LogP contribution in [0.3, 0.4) is 0 Å². The normalized spacial score (nSPS) is 12.4. The van der Waals surface area contributed by atoms with Gasteiger partial charge < -0.3 is 9.55 Å². The highest BCUT2D eigenvalue weighted by Gasteiger charge is 2.19. The van der Waals surface area contributed by atoms with Gasteiger partial charge in [0.1, 0.15) is 0 Å². The van der Waals surface area contributed by atoms with Crippen molar-refractivity contribution in [3.8, 4) is 0 Å². The van der Waals surface area contributed by atoms with Crippen molar-refractivity contribution in [2.75, 3.05) is 0 Å². The summed E-state index contributed by atoms with van der Waals surface area (Å²) in [6.07, 6.45) is 2.03. The van der Waals surface area contributed by atoms with E-state index in [1.165, 1.54) is 5.69 Å². The maximum Gasteiger partial charge on any atom is 0.177 e. The fourth-order valence-electron chi connectivity index (χ4n) is 1.56. The number of aromatic nitrogens is 2. The van der Waals surface area contributed by atoms with Crippen molar-refractivity contribution in [2.24, 2.45) is 5.92 Å². The van der Waals surface area contributed by atoms with Gasteiger partial charge in [0, 0.05) is 23.9 Å². The zero-order valence-corrected chi connectivity index (χ0v) is 10.5. The van der Waals surface area contributed by atoms with Crippen LogP contribution in [0.4, 0.5) is 0 Å². The molecular formula is C11H20N2S. The van der Waals surface area contributed by atoms with Crippen LogP contribution in [0.15, 0.2) is 6.20 Å². The maximum absolute atomic E-state index is 5.27. The Kier molecular flexibility index (Phi) is 3.20. The molecule has 80 valence electrons. The average Bonchev–Trinajstić information content (AvgIpc) is 2.30. The van der Waals surface area contributed by atoms with Crippen LogP contribution in [0.5, 0.6) is 0 Å². The van der Waals surface area contributed by atoms with E-state index in [1.807, 2.05) is 6.20 Å². The predicted molar refractivity (Wildman–Crippen MR) is 63.2 cm³/mol. The number of hydrogen-bond donors (Lipinski definition) is 1. The van der Waals surface area contributed by atoms with Gasteiger partial charge in [0.25, 0.3) is 0 Å². The smallest absolute Gasteiger partial charge is 0.177 e. The third kappa shape index (κ3) is 2.47. The van der Waals surface area contributed by atoms with Gasteiger partial charge in [-0.05, 0) is 18.1 Å². The second-order valence-electron chi connectivity index (χ2n) is 5.23. The van der Waals surface area contributed by atoms with Gasteiger partial charge >= 0.3 is 0 Å². The largest absolute Gasteiger partial charge is 0.337 e. The molecular weight excluding hydrogens is 192 g/mol. The summed E-state index contributed by atoms with van der Waals surface area (Å²) in [7, 11) is 0. The van der Waals surface area contributed by atoms with Gasteiger partial charge in [-0.3, -0.25) is 0 Å². The minimum atomic E-state index is 0.155. The van der Waals surface area contributed by atoms with E-state index < -0.39 is 0 Å². The molecule has 0 unspecified atom stereocenters. The van der Waals surface area contributed by atoms with Crippen molar-refractivity contribution in [3.05, 3.63) is 16.7 Å². The van der Waals surface area contributed by atoms with Crippen molar-refractivity contribution < 1.29 is 0 Å². The van der Waals surface area contributed by atoms with Crippen LogP contribution < -0.4 is 0 Å². The van der Waals surface area contributed by atoms with Crippen LogP contribution >= 0.6 is 12.2 Å². The minimum absolute atomic E-state index is 0.155. The molecule has 1 heterocycles. The number of H-pyrrole nitrogens is 1. The molecule has 0 aliphatic carbocycles. The van der Waals surface area contributed by atoms with E-state index in [4.69, 9.17) is 12.2 Å². The summed E-state index contributed by atoms with van der Waals surface area (Å²) < 4.78 is 3.05. The molecule has 0 aliphatic rings. The van der Waals surface area contributed by atoms with Crippen LogP contribution in [-0.2, 0) is 12.0 Å². The summed E-state index contributed by atoms with van der Waals surface area (Å²) >= 11 is 5.27. The van der Waals surface area contributed by atoms with Gasteiger partial charge in [-0.2, -0.15) is 0 Å². The van der Waals surface area contributed by atoms with E-state index >= 15 is 0 Å². The lowest BCUT2D eigenvalue weighted by molar-refractivity contribution is 0.459. The van der Waals surface area contributed by atoms with Crippen LogP contribution in [0.1, 0.15) is 40.3 Å². The molecule has 1 aromatic heterocycles. The quantitative estimate of drug-likeness (QED) is 0.744. The molecule has 0 radical (unpaired) electrons. The van der Waals surface area contributed by atoms with E-state index in [1.54, 1.807) is 0 Å². The van der Waals surface area contributed by atoms with Crippen LogP contribution in [0.2, 0.25) is 0 Å². The summed E-state index contributed by atoms with van der Waals surface area (Å²) in [4.78, 5) is 3.13. The predicted octanol–water partition coefficient (Wildman–Crippen LogP) is 3.50. The van der Waals surface area contributed by atoms with Crippen LogP contribution in [0, 0.1) is 10.7 Å². The van der Waals surface area contributed by atoms with E-state index in [-0.39, 0.29) is 5.41 Å². The molecule has 0 aromatic carbocycles. The lowest BCUT2D eigenvalue weighted by atomic mass is 9.92. The number of hydrogen-bond acceptors (Lipinski definition) is 1. The van der Waals surface area contributed by atoms with Crippen molar-refractivity contribution >= 4 is 12.2 Å². The zero-order chi connectivity index (χ0) is 10.9. The molecule has 0 fully saturated rings. The summed E-state index contributed by atoms with van der Waals surface area (Å²) in [5.74, 6) is 0.624. The summed E-state index contributed by atoms with van der Waals surface area (Å²) in [5, 5.41) is 0. The molecule has 0 saturated carbocycles. The van der Waals surface area contributed by atoms with Gasteiger partial charge in [0.05, 0.1) is 0 Å². The van der Waals surface area contributed by atoms with Gasteiger partial charge in [-0.25, -0.2) is 0 Å². The van der Waals surface area contributed by atoms with E-state index in [9.17, 15) is 0 Å². The molecule has 0 aliphatic heterocycles. The highest BCUT2D eigenvalue weighted by Crippen LogP contribution is 2.22. The molecule has 0 saturated heterocycles. The first-order chi connectivity index (χ1) is 6.32. The monoisotopic (exact) mass is 212 g/mol. The highest BCUT2D eigenvalue weighted by molar-refractivity contribution is 7.71. The molecule has 2 nitrogen and oxygen atoms in total. The third-order valence-electron chi connectivity index (χ3n) is 2.18. The first-order valence-corrected chi connectivity index (χ1v) is 5.52. The number of rotatable bonds is 2. The SMILES string of the molecule is CC(C)Cn1c(C(C)(C)C)c[nH]c1=S. The zero-order valence-electron chi connectivity index (χ0n) is 9.72. The van der Waals surface area contributed by atoms with Gasteiger partial charge in [0.15, 0.2) is 4.77 Å². The highest BCUT2D eigenvalue weighted by atomic mass is 32.1. The second kappa shape index (κ2) is 3.89. The minimum Gasteiger partial charge on any atom is -0.337 e. The molecule has 0 bridgehead atoms. The first kappa shape index (κ1) is 11.5. The standard InChI is InChI=1S/C11H20N2S/c1-8(2)7-13-9(11(3,4)5)6-12-10(13)14/h6,8H,7H2,1-5H3,(H,12,14). The van der Waals surface area contributed by atoms with E-state index in [2.05, 4.69) is 44.2 Å². The van der Waals surface area contributed by atoms with Crippen LogP contribution in [0.25, 0.3) is 0 Å². The maximum atomic E-state index is 5.27. The van der Waals surface area contributed by atoms with Crippen molar-refractivity contribution in [1.82, 2.24) is 9.55 Å². The molecule has 3 heteroatoms. The number of nitrogens with zero attached hydrogens (tertiary/aromatic N) is 1. The van der Waals surface area contributed by atoms with E-state index in [0.717, 1.165) is 11.3 Å². The molecule has 1 N–H and O–H groups in total. The summed E-state index contributed by atoms with van der Waals surface area (Å²) in [6, 6.07) is 0. The molecule has 0 spiro atoms. The Labute approximate surface area is 91.3 Å². The van der Waals surface area contributed by atoms with Crippen molar-refractivity contribution in [2.45, 2.75) is 46.6 Å². The Morgan fingerprint density at radius 3 is 2.43 bits per heavy atom. The molecule has 0 amide bonds. The Morgan fingerprint density at radius 2 is 2.00 bits per heavy atom. The first-order valence-electron chi connectivity index (χ1n) is 5.11. The number of aromatic amines is 1. The fraction of sp³-hybridized carbons (Fsp3) is 0.727. The third-order valence-corrected chi connectivity index (χ3v) is 2.52.